The Morgan fingerprint density at radius 3 is 2.65 bits per heavy atom. The number of halogens is 2. The Morgan fingerprint density at radius 1 is 1.12 bits per heavy atom. The number of benzene rings is 2. The molecule has 0 N–H and O–H groups in total. The van der Waals surface area contributed by atoms with Crippen LogP contribution < -0.4 is 4.90 Å². The van der Waals surface area contributed by atoms with Gasteiger partial charge in [0.2, 0.25) is 0 Å². The van der Waals surface area contributed by atoms with Crippen LogP contribution in [0.5, 0.6) is 0 Å². The number of hydrogen-bond acceptors (Lipinski definition) is 6. The van der Waals surface area contributed by atoms with Gasteiger partial charge >= 0.3 is 5.97 Å². The Balaban J connectivity index is 1.67. The number of methoxy groups -OCH3 is 1. The highest BCUT2D eigenvalue weighted by atomic mass is 19.2. The molecule has 0 amide bonds. The number of morpholine rings is 1. The zero-order valence-electron chi connectivity index (χ0n) is 18.6. The molecule has 2 aliphatic rings. The lowest BCUT2D eigenvalue weighted by Crippen LogP contribution is -2.36. The second-order valence-electron chi connectivity index (χ2n) is 8.62. The molecule has 0 atom stereocenters. The Labute approximate surface area is 193 Å². The number of fused-ring (bicyclic) bond motifs is 2. The van der Waals surface area contributed by atoms with Crippen molar-refractivity contribution in [3.63, 3.8) is 0 Å². The first-order chi connectivity index (χ1) is 16.6. The molecule has 9 heteroatoms. The zero-order valence-corrected chi connectivity index (χ0v) is 18.6. The molecule has 0 bridgehead atoms. The second-order valence-corrected chi connectivity index (χ2v) is 8.62. The summed E-state index contributed by atoms with van der Waals surface area (Å²) >= 11 is 0. The number of carbonyl (C=O) groups excluding carboxylic acids is 1. The van der Waals surface area contributed by atoms with Crippen molar-refractivity contribution in [3.05, 3.63) is 59.6 Å². The number of ether oxygens (including phenoxy) is 2. The molecule has 2 aromatic carbocycles. The molecule has 0 unspecified atom stereocenters. The molecule has 4 aromatic rings. The minimum atomic E-state index is -0.985. The standard InChI is InChI=1S/C25H22F2N4O3/c1-33-25(32)17-12-15(30-8-10-34-11-9-30)13-20-22(17)29-24(14-2-3-14)31(20)19-6-7-28-23-16(19)4-5-18(26)21(23)27/h4-7,12-14H,2-3,8-11H2,1H3. The maximum absolute atomic E-state index is 14.6. The van der Waals surface area contributed by atoms with Crippen LogP contribution in [0.2, 0.25) is 0 Å². The van der Waals surface area contributed by atoms with Crippen molar-refractivity contribution >= 4 is 33.6 Å². The van der Waals surface area contributed by atoms with E-state index in [0.717, 1.165) is 30.4 Å². The van der Waals surface area contributed by atoms with Gasteiger partial charge in [0.05, 0.1) is 37.1 Å². The van der Waals surface area contributed by atoms with E-state index in [4.69, 9.17) is 14.5 Å². The van der Waals surface area contributed by atoms with Gasteiger partial charge in [0.15, 0.2) is 11.6 Å². The van der Waals surface area contributed by atoms with Crippen molar-refractivity contribution in [2.24, 2.45) is 0 Å². The third-order valence-electron chi connectivity index (χ3n) is 6.52. The number of imidazole rings is 1. The fourth-order valence-electron chi connectivity index (χ4n) is 4.66. The summed E-state index contributed by atoms with van der Waals surface area (Å²) in [7, 11) is 1.35. The molecule has 0 spiro atoms. The van der Waals surface area contributed by atoms with E-state index in [0.29, 0.717) is 54.0 Å². The molecular weight excluding hydrogens is 442 g/mol. The molecule has 34 heavy (non-hydrogen) atoms. The molecule has 174 valence electrons. The largest absolute Gasteiger partial charge is 0.465 e. The van der Waals surface area contributed by atoms with E-state index in [1.807, 2.05) is 16.7 Å². The van der Waals surface area contributed by atoms with Gasteiger partial charge in [-0.2, -0.15) is 0 Å². The van der Waals surface area contributed by atoms with Gasteiger partial charge in [0.1, 0.15) is 16.9 Å². The van der Waals surface area contributed by atoms with E-state index in [2.05, 4.69) is 9.88 Å². The van der Waals surface area contributed by atoms with Crippen molar-refractivity contribution in [3.8, 4) is 5.69 Å². The van der Waals surface area contributed by atoms with Crippen molar-refractivity contribution in [1.29, 1.82) is 0 Å². The van der Waals surface area contributed by atoms with Crippen LogP contribution in [0, 0.1) is 11.6 Å². The van der Waals surface area contributed by atoms with Crippen molar-refractivity contribution < 1.29 is 23.0 Å². The third kappa shape index (κ3) is 3.30. The summed E-state index contributed by atoms with van der Waals surface area (Å²) in [5, 5.41) is 0.471. The molecule has 2 fully saturated rings. The summed E-state index contributed by atoms with van der Waals surface area (Å²) in [6.07, 6.45) is 3.41. The maximum Gasteiger partial charge on any atom is 0.340 e. The van der Waals surface area contributed by atoms with Crippen LogP contribution in [0.4, 0.5) is 14.5 Å². The van der Waals surface area contributed by atoms with Crippen LogP contribution in [-0.4, -0.2) is 53.9 Å². The molecule has 1 saturated carbocycles. The number of rotatable bonds is 4. The van der Waals surface area contributed by atoms with Gasteiger partial charge in [0, 0.05) is 36.3 Å². The summed E-state index contributed by atoms with van der Waals surface area (Å²) in [6.45, 7) is 2.58. The summed E-state index contributed by atoms with van der Waals surface area (Å²) in [6, 6.07) is 8.22. The predicted molar refractivity (Wildman–Crippen MR) is 123 cm³/mol. The molecule has 1 aliphatic carbocycles. The molecule has 1 saturated heterocycles. The zero-order chi connectivity index (χ0) is 23.4. The van der Waals surface area contributed by atoms with Crippen LogP contribution in [0.3, 0.4) is 0 Å². The maximum atomic E-state index is 14.6. The fraction of sp³-hybridized carbons (Fsp3) is 0.320. The van der Waals surface area contributed by atoms with Crippen LogP contribution >= 0.6 is 0 Å². The third-order valence-corrected chi connectivity index (χ3v) is 6.52. The van der Waals surface area contributed by atoms with Crippen molar-refractivity contribution in [2.45, 2.75) is 18.8 Å². The van der Waals surface area contributed by atoms with Gasteiger partial charge in [0.25, 0.3) is 0 Å². The first-order valence-electron chi connectivity index (χ1n) is 11.3. The lowest BCUT2D eigenvalue weighted by molar-refractivity contribution is 0.0603. The Bertz CT molecular complexity index is 1440. The van der Waals surface area contributed by atoms with Gasteiger partial charge in [-0.15, -0.1) is 0 Å². The number of aromatic nitrogens is 3. The Hall–Kier alpha value is -3.59. The first kappa shape index (κ1) is 21.0. The number of carbonyl (C=O) groups is 1. The SMILES string of the molecule is COC(=O)c1cc(N2CCOCC2)cc2c1nc(C1CC1)n2-c1ccnc2c(F)c(F)ccc12. The molecule has 7 nitrogen and oxygen atoms in total. The van der Waals surface area contributed by atoms with Crippen molar-refractivity contribution in [2.75, 3.05) is 38.3 Å². The molecule has 2 aromatic heterocycles. The molecule has 6 rings (SSSR count). The topological polar surface area (TPSA) is 69.5 Å². The van der Waals surface area contributed by atoms with E-state index >= 15 is 0 Å². The quantitative estimate of drug-likeness (QED) is 0.418. The van der Waals surface area contributed by atoms with Gasteiger partial charge in [-0.3, -0.25) is 9.55 Å². The normalized spacial score (nSPS) is 16.4. The first-order valence-corrected chi connectivity index (χ1v) is 11.3. The molecule has 3 heterocycles. The summed E-state index contributed by atoms with van der Waals surface area (Å²) in [4.78, 5) is 23.9. The van der Waals surface area contributed by atoms with Crippen LogP contribution in [0.25, 0.3) is 27.6 Å². The van der Waals surface area contributed by atoms with E-state index in [9.17, 15) is 13.6 Å². The monoisotopic (exact) mass is 464 g/mol. The highest BCUT2D eigenvalue weighted by Crippen LogP contribution is 2.43. The number of pyridine rings is 1. The number of nitrogens with zero attached hydrogens (tertiary/aromatic N) is 4. The minimum Gasteiger partial charge on any atom is -0.465 e. The van der Waals surface area contributed by atoms with Gasteiger partial charge in [-0.05, 0) is 43.2 Å². The second kappa shape index (κ2) is 8.02. The highest BCUT2D eigenvalue weighted by molar-refractivity contribution is 6.05. The van der Waals surface area contributed by atoms with E-state index in [1.54, 1.807) is 6.07 Å². The van der Waals surface area contributed by atoms with Crippen molar-refractivity contribution in [1.82, 2.24) is 14.5 Å². The fourth-order valence-corrected chi connectivity index (χ4v) is 4.66. The Kier molecular flexibility index (Phi) is 4.95. The summed E-state index contributed by atoms with van der Waals surface area (Å²) in [5.41, 5.74) is 3.07. The highest BCUT2D eigenvalue weighted by Gasteiger charge is 2.32. The minimum absolute atomic E-state index is 0.0429. The molecular formula is C25H22F2N4O3. The lowest BCUT2D eigenvalue weighted by Gasteiger charge is -2.29. The molecule has 1 aliphatic heterocycles. The number of hydrogen-bond donors (Lipinski definition) is 0. The van der Waals surface area contributed by atoms with Gasteiger partial charge < -0.3 is 14.4 Å². The van der Waals surface area contributed by atoms with Gasteiger partial charge in [-0.1, -0.05) is 0 Å². The van der Waals surface area contributed by atoms with E-state index < -0.39 is 17.6 Å². The van der Waals surface area contributed by atoms with E-state index in [1.165, 1.54) is 19.4 Å². The number of esters is 1. The average molecular weight is 464 g/mol. The van der Waals surface area contributed by atoms with Gasteiger partial charge in [-0.25, -0.2) is 18.6 Å². The number of anilines is 1. The Morgan fingerprint density at radius 2 is 1.91 bits per heavy atom. The van der Waals surface area contributed by atoms with Crippen LogP contribution in [0.1, 0.15) is 34.9 Å². The lowest BCUT2D eigenvalue weighted by atomic mass is 10.1. The smallest absolute Gasteiger partial charge is 0.340 e. The summed E-state index contributed by atoms with van der Waals surface area (Å²) < 4.78 is 41.1. The summed E-state index contributed by atoms with van der Waals surface area (Å²) in [5.74, 6) is -1.40. The van der Waals surface area contributed by atoms with Crippen LogP contribution in [0.15, 0.2) is 36.5 Å². The van der Waals surface area contributed by atoms with Crippen LogP contribution in [-0.2, 0) is 9.47 Å². The average Bonchev–Trinajstić information content (AvgIpc) is 3.65. The predicted octanol–water partition coefficient (Wildman–Crippen LogP) is 4.35. The molecule has 0 radical (unpaired) electrons. The van der Waals surface area contributed by atoms with E-state index in [-0.39, 0.29) is 11.4 Å².